The molecule has 0 saturated heterocycles. The molecule has 0 aliphatic rings. The highest BCUT2D eigenvalue weighted by Crippen LogP contribution is 2.12. The monoisotopic (exact) mass is 237 g/mol. The predicted octanol–water partition coefficient (Wildman–Crippen LogP) is 0.516. The van der Waals surface area contributed by atoms with Crippen LogP contribution in [0.2, 0.25) is 0 Å². The van der Waals surface area contributed by atoms with Crippen molar-refractivity contribution in [1.82, 2.24) is 5.32 Å². The van der Waals surface area contributed by atoms with Gasteiger partial charge in [0, 0.05) is 11.6 Å². The third-order valence-electron chi connectivity index (χ3n) is 2.37. The lowest BCUT2D eigenvalue weighted by Crippen LogP contribution is -2.25. The van der Waals surface area contributed by atoms with Gasteiger partial charge in [0.25, 0.3) is 0 Å². The van der Waals surface area contributed by atoms with Gasteiger partial charge in [-0.15, -0.1) is 0 Å². The van der Waals surface area contributed by atoms with E-state index < -0.39 is 5.97 Å². The van der Waals surface area contributed by atoms with Gasteiger partial charge in [0.1, 0.15) is 0 Å². The Labute approximate surface area is 98.7 Å². The zero-order valence-electron chi connectivity index (χ0n) is 9.42. The Morgan fingerprint density at radius 3 is 2.53 bits per heavy atom. The molecule has 0 amide bonds. The normalized spacial score (nSPS) is 13.4. The molecule has 92 valence electrons. The zero-order chi connectivity index (χ0) is 12.8. The van der Waals surface area contributed by atoms with E-state index in [-0.39, 0.29) is 18.4 Å². The highest BCUT2D eigenvalue weighted by atomic mass is 16.4. The number of nitrogens with zero attached hydrogens (tertiary/aromatic N) is 1. The summed E-state index contributed by atoms with van der Waals surface area (Å²) in [5.74, 6) is -0.854. The number of carbonyl (C=O) groups is 1. The first-order chi connectivity index (χ1) is 8.04. The first kappa shape index (κ1) is 13.0. The molecule has 1 atom stereocenters. The maximum Gasteiger partial charge on any atom is 0.317 e. The standard InChI is InChI=1S/C11H15N3O3/c1-7(13-6-10(15)16)8-2-4-9(5-3-8)11(12)14-17/h2-5,7,13,17H,6H2,1H3,(H2,12,14)(H,15,16)/t7-/m1/s1. The summed E-state index contributed by atoms with van der Waals surface area (Å²) in [7, 11) is 0. The molecule has 1 rings (SSSR count). The molecule has 0 bridgehead atoms. The van der Waals surface area contributed by atoms with Crippen LogP contribution in [0, 0.1) is 0 Å². The summed E-state index contributed by atoms with van der Waals surface area (Å²) < 4.78 is 0. The first-order valence-corrected chi connectivity index (χ1v) is 5.07. The molecule has 5 N–H and O–H groups in total. The summed E-state index contributed by atoms with van der Waals surface area (Å²) in [6.45, 7) is 1.77. The molecule has 0 heterocycles. The van der Waals surface area contributed by atoms with E-state index in [0.717, 1.165) is 5.56 Å². The molecule has 6 nitrogen and oxygen atoms in total. The molecule has 6 heteroatoms. The van der Waals surface area contributed by atoms with Crippen molar-refractivity contribution in [2.75, 3.05) is 6.54 Å². The van der Waals surface area contributed by atoms with E-state index in [1.165, 1.54) is 0 Å². The fourth-order valence-electron chi connectivity index (χ4n) is 1.36. The Hall–Kier alpha value is -2.08. The lowest BCUT2D eigenvalue weighted by molar-refractivity contribution is -0.136. The van der Waals surface area contributed by atoms with Crippen molar-refractivity contribution in [3.8, 4) is 0 Å². The molecule has 1 aromatic carbocycles. The molecule has 1 aromatic rings. The number of hydrogen-bond donors (Lipinski definition) is 4. The molecule has 0 unspecified atom stereocenters. The summed E-state index contributed by atoms with van der Waals surface area (Å²) >= 11 is 0. The Morgan fingerprint density at radius 2 is 2.06 bits per heavy atom. The van der Waals surface area contributed by atoms with E-state index >= 15 is 0 Å². The van der Waals surface area contributed by atoms with Gasteiger partial charge < -0.3 is 21.4 Å². The smallest absolute Gasteiger partial charge is 0.317 e. The van der Waals surface area contributed by atoms with Gasteiger partial charge in [-0.05, 0) is 12.5 Å². The lowest BCUT2D eigenvalue weighted by atomic mass is 10.1. The number of rotatable bonds is 5. The molecular formula is C11H15N3O3. The van der Waals surface area contributed by atoms with Crippen LogP contribution in [0.15, 0.2) is 29.4 Å². The predicted molar refractivity (Wildman–Crippen MR) is 63.0 cm³/mol. The molecule has 0 fully saturated rings. The van der Waals surface area contributed by atoms with E-state index in [2.05, 4.69) is 10.5 Å². The van der Waals surface area contributed by atoms with Gasteiger partial charge in [-0.3, -0.25) is 4.79 Å². The van der Waals surface area contributed by atoms with Crippen LogP contribution < -0.4 is 11.1 Å². The molecule has 0 saturated carbocycles. The van der Waals surface area contributed by atoms with Gasteiger partial charge >= 0.3 is 5.97 Å². The van der Waals surface area contributed by atoms with E-state index in [4.69, 9.17) is 16.0 Å². The second-order valence-electron chi connectivity index (χ2n) is 3.60. The quantitative estimate of drug-likeness (QED) is 0.258. The van der Waals surface area contributed by atoms with Crippen LogP contribution in [0.3, 0.4) is 0 Å². The molecule has 0 aliphatic heterocycles. The van der Waals surface area contributed by atoms with Crippen molar-refractivity contribution in [1.29, 1.82) is 0 Å². The summed E-state index contributed by atoms with van der Waals surface area (Å²) in [6, 6.07) is 6.94. The van der Waals surface area contributed by atoms with Crippen molar-refractivity contribution < 1.29 is 15.1 Å². The van der Waals surface area contributed by atoms with Crippen molar-refractivity contribution >= 4 is 11.8 Å². The van der Waals surface area contributed by atoms with Gasteiger partial charge in [0.05, 0.1) is 6.54 Å². The van der Waals surface area contributed by atoms with Crippen LogP contribution in [0.5, 0.6) is 0 Å². The molecule has 0 aromatic heterocycles. The van der Waals surface area contributed by atoms with Crippen LogP contribution >= 0.6 is 0 Å². The minimum absolute atomic E-state index is 0.0442. The van der Waals surface area contributed by atoms with E-state index in [0.29, 0.717) is 5.56 Å². The number of carboxylic acid groups (broad SMARTS) is 1. The first-order valence-electron chi connectivity index (χ1n) is 5.07. The van der Waals surface area contributed by atoms with Crippen LogP contribution in [0.1, 0.15) is 24.1 Å². The number of aliphatic carboxylic acids is 1. The Bertz CT molecular complexity index is 414. The van der Waals surface area contributed by atoms with Gasteiger partial charge in [-0.25, -0.2) is 0 Å². The Kier molecular flexibility index (Phi) is 4.47. The van der Waals surface area contributed by atoms with E-state index in [9.17, 15) is 4.79 Å². The van der Waals surface area contributed by atoms with Crippen LogP contribution in [-0.2, 0) is 4.79 Å². The van der Waals surface area contributed by atoms with Gasteiger partial charge in [0.2, 0.25) is 0 Å². The van der Waals surface area contributed by atoms with Crippen LogP contribution in [0.25, 0.3) is 0 Å². The third-order valence-corrected chi connectivity index (χ3v) is 2.37. The topological polar surface area (TPSA) is 108 Å². The lowest BCUT2D eigenvalue weighted by Gasteiger charge is -2.12. The second kappa shape index (κ2) is 5.86. The fourth-order valence-corrected chi connectivity index (χ4v) is 1.36. The molecule has 0 aliphatic carbocycles. The number of nitrogens with one attached hydrogen (secondary N) is 1. The number of nitrogens with two attached hydrogens (primary N) is 1. The average molecular weight is 237 g/mol. The van der Waals surface area contributed by atoms with Gasteiger partial charge in [-0.2, -0.15) is 0 Å². The second-order valence-corrected chi connectivity index (χ2v) is 3.60. The maximum absolute atomic E-state index is 10.4. The molecule has 17 heavy (non-hydrogen) atoms. The minimum atomic E-state index is -0.898. The zero-order valence-corrected chi connectivity index (χ0v) is 9.42. The van der Waals surface area contributed by atoms with Crippen LogP contribution in [0.4, 0.5) is 0 Å². The maximum atomic E-state index is 10.4. The summed E-state index contributed by atoms with van der Waals surface area (Å²) in [5, 5.41) is 22.8. The Morgan fingerprint density at radius 1 is 1.47 bits per heavy atom. The number of oxime groups is 1. The molecule has 0 radical (unpaired) electrons. The number of hydrogen-bond acceptors (Lipinski definition) is 4. The SMILES string of the molecule is C[C@@H](NCC(=O)O)c1ccc(C(N)=NO)cc1. The van der Waals surface area contributed by atoms with Crippen molar-refractivity contribution in [2.24, 2.45) is 10.9 Å². The highest BCUT2D eigenvalue weighted by Gasteiger charge is 2.07. The average Bonchev–Trinajstić information content (AvgIpc) is 2.35. The minimum Gasteiger partial charge on any atom is -0.480 e. The van der Waals surface area contributed by atoms with Crippen molar-refractivity contribution in [3.05, 3.63) is 35.4 Å². The third kappa shape index (κ3) is 3.76. The van der Waals surface area contributed by atoms with E-state index in [1.807, 2.05) is 6.92 Å². The van der Waals surface area contributed by atoms with Crippen molar-refractivity contribution in [3.63, 3.8) is 0 Å². The number of carboxylic acids is 1. The summed E-state index contributed by atoms with van der Waals surface area (Å²) in [5.41, 5.74) is 6.97. The number of amidine groups is 1. The van der Waals surface area contributed by atoms with Gasteiger partial charge in [-0.1, -0.05) is 29.4 Å². The van der Waals surface area contributed by atoms with E-state index in [1.54, 1.807) is 24.3 Å². The summed E-state index contributed by atoms with van der Waals surface area (Å²) in [6.07, 6.45) is 0. The van der Waals surface area contributed by atoms with Crippen LogP contribution in [-0.4, -0.2) is 28.7 Å². The molecular weight excluding hydrogens is 222 g/mol. The van der Waals surface area contributed by atoms with Crippen molar-refractivity contribution in [2.45, 2.75) is 13.0 Å². The number of benzene rings is 1. The largest absolute Gasteiger partial charge is 0.480 e. The van der Waals surface area contributed by atoms with Gasteiger partial charge in [0.15, 0.2) is 5.84 Å². The fraction of sp³-hybridized carbons (Fsp3) is 0.273. The Balaban J connectivity index is 2.70. The molecule has 0 spiro atoms. The summed E-state index contributed by atoms with van der Waals surface area (Å²) in [4.78, 5) is 10.4. The highest BCUT2D eigenvalue weighted by molar-refractivity contribution is 5.96.